The van der Waals surface area contributed by atoms with Gasteiger partial charge in [0.15, 0.2) is 11.5 Å². The minimum absolute atomic E-state index is 0.736. The number of aromatic nitrogens is 1. The molecule has 1 aliphatic rings. The summed E-state index contributed by atoms with van der Waals surface area (Å²) in [4.78, 5) is 8.99. The van der Waals surface area contributed by atoms with E-state index in [-0.39, 0.29) is 0 Å². The summed E-state index contributed by atoms with van der Waals surface area (Å²) in [5.41, 5.74) is 4.86. The van der Waals surface area contributed by atoms with Gasteiger partial charge in [-0.15, -0.1) is 11.3 Å². The van der Waals surface area contributed by atoms with E-state index in [0.717, 1.165) is 60.5 Å². The van der Waals surface area contributed by atoms with Crippen LogP contribution in [0.4, 0.5) is 5.69 Å². The number of hydrogen-bond donors (Lipinski definition) is 1. The molecule has 29 heavy (non-hydrogen) atoms. The molecular weight excluding hydrogens is 382 g/mol. The van der Waals surface area contributed by atoms with Crippen LogP contribution in [0.2, 0.25) is 0 Å². The fourth-order valence-corrected chi connectivity index (χ4v) is 4.82. The molecule has 6 heteroatoms. The number of quaternary nitrogens is 1. The molecular formula is C23H28N3O2S+. The molecule has 1 saturated heterocycles. The first-order valence-corrected chi connectivity index (χ1v) is 10.9. The molecule has 1 aliphatic heterocycles. The number of anilines is 1. The van der Waals surface area contributed by atoms with E-state index in [1.165, 1.54) is 11.3 Å². The molecule has 1 fully saturated rings. The van der Waals surface area contributed by atoms with E-state index < -0.39 is 0 Å². The molecule has 2 aromatic carbocycles. The van der Waals surface area contributed by atoms with Gasteiger partial charge >= 0.3 is 0 Å². The third kappa shape index (κ3) is 4.23. The highest BCUT2D eigenvalue weighted by Crippen LogP contribution is 2.38. The van der Waals surface area contributed by atoms with E-state index in [2.05, 4.69) is 41.5 Å². The molecule has 0 atom stereocenters. The Morgan fingerprint density at radius 1 is 1.03 bits per heavy atom. The molecule has 1 aromatic heterocycles. The van der Waals surface area contributed by atoms with Gasteiger partial charge in [0.25, 0.3) is 0 Å². The van der Waals surface area contributed by atoms with Crippen molar-refractivity contribution in [2.45, 2.75) is 13.5 Å². The van der Waals surface area contributed by atoms with Gasteiger partial charge in [0, 0.05) is 11.1 Å². The van der Waals surface area contributed by atoms with E-state index in [4.69, 9.17) is 14.5 Å². The monoisotopic (exact) mass is 410 g/mol. The molecule has 5 nitrogen and oxygen atoms in total. The van der Waals surface area contributed by atoms with Crippen LogP contribution >= 0.6 is 11.3 Å². The van der Waals surface area contributed by atoms with Gasteiger partial charge in [-0.25, -0.2) is 4.98 Å². The third-order valence-electron chi connectivity index (χ3n) is 5.54. The number of piperazine rings is 1. The van der Waals surface area contributed by atoms with Crippen LogP contribution in [0.1, 0.15) is 11.3 Å². The molecule has 0 amide bonds. The second-order valence-electron chi connectivity index (χ2n) is 7.39. The highest BCUT2D eigenvalue weighted by molar-refractivity contribution is 7.13. The summed E-state index contributed by atoms with van der Waals surface area (Å²) < 4.78 is 11.0. The van der Waals surface area contributed by atoms with Gasteiger partial charge < -0.3 is 19.3 Å². The maximum absolute atomic E-state index is 5.58. The topological polar surface area (TPSA) is 39.0 Å². The molecule has 0 spiro atoms. The Balaban J connectivity index is 1.41. The second kappa shape index (κ2) is 8.84. The van der Waals surface area contributed by atoms with Crippen molar-refractivity contribution >= 4 is 17.0 Å². The maximum atomic E-state index is 5.58. The normalized spacial score (nSPS) is 14.8. The summed E-state index contributed by atoms with van der Waals surface area (Å²) in [6, 6.07) is 14.6. The molecule has 0 bridgehead atoms. The molecule has 0 unspecified atom stereocenters. The number of nitrogens with zero attached hydrogens (tertiary/aromatic N) is 2. The summed E-state index contributed by atoms with van der Waals surface area (Å²) in [7, 11) is 3.34. The van der Waals surface area contributed by atoms with Gasteiger partial charge in [-0.3, -0.25) is 0 Å². The first-order chi connectivity index (χ1) is 14.2. The molecule has 0 aliphatic carbocycles. The largest absolute Gasteiger partial charge is 0.493 e. The van der Waals surface area contributed by atoms with Gasteiger partial charge in [-0.1, -0.05) is 24.3 Å². The number of benzene rings is 2. The molecule has 0 radical (unpaired) electrons. The lowest BCUT2D eigenvalue weighted by Crippen LogP contribution is -3.13. The lowest BCUT2D eigenvalue weighted by Gasteiger charge is -2.34. The van der Waals surface area contributed by atoms with Gasteiger partial charge in [0.05, 0.1) is 46.0 Å². The number of aryl methyl sites for hydroxylation is 1. The zero-order valence-electron chi connectivity index (χ0n) is 17.3. The van der Waals surface area contributed by atoms with Crippen molar-refractivity contribution < 1.29 is 14.4 Å². The average molecular weight is 411 g/mol. The number of para-hydroxylation sites is 2. The summed E-state index contributed by atoms with van der Waals surface area (Å²) in [5.74, 6) is 1.48. The number of rotatable bonds is 6. The van der Waals surface area contributed by atoms with Crippen LogP contribution in [0, 0.1) is 6.92 Å². The Bertz CT molecular complexity index is 964. The van der Waals surface area contributed by atoms with Crippen LogP contribution in [0.15, 0.2) is 47.8 Å². The van der Waals surface area contributed by atoms with E-state index >= 15 is 0 Å². The molecule has 3 aromatic rings. The van der Waals surface area contributed by atoms with Crippen molar-refractivity contribution in [1.29, 1.82) is 0 Å². The maximum Gasteiger partial charge on any atom is 0.170 e. The summed E-state index contributed by atoms with van der Waals surface area (Å²) in [6.45, 7) is 7.58. The molecule has 152 valence electrons. The van der Waals surface area contributed by atoms with Crippen molar-refractivity contribution in [2.24, 2.45) is 0 Å². The molecule has 1 N–H and O–H groups in total. The zero-order valence-corrected chi connectivity index (χ0v) is 18.1. The highest BCUT2D eigenvalue weighted by Gasteiger charge is 2.22. The number of thiazole rings is 1. The predicted molar refractivity (Wildman–Crippen MR) is 118 cm³/mol. The van der Waals surface area contributed by atoms with Crippen LogP contribution in [-0.4, -0.2) is 45.4 Å². The number of nitrogens with one attached hydrogen (secondary N) is 1. The van der Waals surface area contributed by atoms with Crippen molar-refractivity contribution in [3.8, 4) is 22.1 Å². The Morgan fingerprint density at radius 3 is 2.55 bits per heavy atom. The van der Waals surface area contributed by atoms with Crippen LogP contribution in [0.5, 0.6) is 11.5 Å². The van der Waals surface area contributed by atoms with E-state index in [1.807, 2.05) is 18.2 Å². The number of hydrogen-bond acceptors (Lipinski definition) is 5. The smallest absolute Gasteiger partial charge is 0.170 e. The highest BCUT2D eigenvalue weighted by atomic mass is 32.1. The van der Waals surface area contributed by atoms with E-state index in [0.29, 0.717) is 0 Å². The third-order valence-corrected chi connectivity index (χ3v) is 6.47. The Labute approximate surface area is 176 Å². The predicted octanol–water partition coefficient (Wildman–Crippen LogP) is 3.04. The zero-order chi connectivity index (χ0) is 20.2. The van der Waals surface area contributed by atoms with Crippen LogP contribution in [-0.2, 0) is 6.54 Å². The summed E-state index contributed by atoms with van der Waals surface area (Å²) in [6.07, 6.45) is 0. The van der Waals surface area contributed by atoms with Crippen molar-refractivity contribution in [3.05, 3.63) is 59.1 Å². The first-order valence-electron chi connectivity index (χ1n) is 9.99. The molecule has 0 saturated carbocycles. The van der Waals surface area contributed by atoms with Gasteiger partial charge in [0.1, 0.15) is 17.2 Å². The fourth-order valence-electron chi connectivity index (χ4n) is 3.98. The first kappa shape index (κ1) is 19.7. The Morgan fingerprint density at radius 2 is 1.83 bits per heavy atom. The van der Waals surface area contributed by atoms with Crippen molar-refractivity contribution in [3.63, 3.8) is 0 Å². The van der Waals surface area contributed by atoms with Crippen LogP contribution in [0.3, 0.4) is 0 Å². The number of ether oxygens (including phenoxy) is 2. The Kier molecular flexibility index (Phi) is 6.02. The summed E-state index contributed by atoms with van der Waals surface area (Å²) >= 11 is 1.67. The minimum Gasteiger partial charge on any atom is -0.493 e. The van der Waals surface area contributed by atoms with E-state index in [1.54, 1.807) is 30.5 Å². The van der Waals surface area contributed by atoms with Gasteiger partial charge in [-0.05, 0) is 30.7 Å². The SMILES string of the molecule is COc1cccc(-c2nc(C[NH+]3CCN(c4ccccc4C)CC3)cs2)c1OC. The minimum atomic E-state index is 0.736. The van der Waals surface area contributed by atoms with Crippen molar-refractivity contribution in [2.75, 3.05) is 45.3 Å². The fraction of sp³-hybridized carbons (Fsp3) is 0.348. The lowest BCUT2D eigenvalue weighted by atomic mass is 10.1. The van der Waals surface area contributed by atoms with Crippen LogP contribution in [0.25, 0.3) is 10.6 Å². The quantitative estimate of drug-likeness (QED) is 0.678. The average Bonchev–Trinajstić information content (AvgIpc) is 3.22. The van der Waals surface area contributed by atoms with Crippen molar-refractivity contribution in [1.82, 2.24) is 4.98 Å². The summed E-state index contributed by atoms with van der Waals surface area (Å²) in [5, 5.41) is 3.16. The standard InChI is InChI=1S/C23H27N3O2S/c1-17-7-4-5-9-20(17)26-13-11-25(12-14-26)15-18-16-29-23(24-18)19-8-6-10-21(27-2)22(19)28-3/h4-10,16H,11-15H2,1-3H3/p+1. The molecule has 4 rings (SSSR count). The van der Waals surface area contributed by atoms with Gasteiger partial charge in [0.2, 0.25) is 0 Å². The lowest BCUT2D eigenvalue weighted by molar-refractivity contribution is -0.914. The van der Waals surface area contributed by atoms with Gasteiger partial charge in [-0.2, -0.15) is 0 Å². The Hall–Kier alpha value is -2.57. The molecule has 2 heterocycles. The second-order valence-corrected chi connectivity index (χ2v) is 8.24. The van der Waals surface area contributed by atoms with E-state index in [9.17, 15) is 0 Å². The number of methoxy groups -OCH3 is 2. The van der Waals surface area contributed by atoms with Crippen LogP contribution < -0.4 is 19.3 Å².